The Balaban J connectivity index is 2.15. The number of pyridine rings is 1. The van der Waals surface area contributed by atoms with E-state index in [0.29, 0.717) is 18.7 Å². The Labute approximate surface area is 157 Å². The van der Waals surface area contributed by atoms with Crippen molar-refractivity contribution in [3.8, 4) is 11.3 Å². The van der Waals surface area contributed by atoms with Crippen molar-refractivity contribution < 1.29 is 4.79 Å². The quantitative estimate of drug-likeness (QED) is 0.650. The SMILES string of the molecule is Cc1cc(-c2cc(C(=O)NCCCN)c3cnn(C(C)C)c3n2)c(C)s1. The van der Waals surface area contributed by atoms with E-state index < -0.39 is 0 Å². The molecule has 138 valence electrons. The van der Waals surface area contributed by atoms with Gasteiger partial charge in [0, 0.05) is 27.9 Å². The number of hydrogen-bond donors (Lipinski definition) is 2. The number of rotatable bonds is 6. The highest BCUT2D eigenvalue weighted by molar-refractivity contribution is 7.12. The number of carbonyl (C=O) groups excluding carboxylic acids is 1. The van der Waals surface area contributed by atoms with Crippen LogP contribution in [0.25, 0.3) is 22.3 Å². The maximum Gasteiger partial charge on any atom is 0.252 e. The summed E-state index contributed by atoms with van der Waals surface area (Å²) >= 11 is 1.74. The minimum absolute atomic E-state index is 0.111. The molecule has 0 saturated carbocycles. The van der Waals surface area contributed by atoms with Crippen LogP contribution in [0.4, 0.5) is 0 Å². The molecule has 1 amide bonds. The van der Waals surface area contributed by atoms with Gasteiger partial charge in [-0.1, -0.05) is 0 Å². The normalized spacial score (nSPS) is 11.5. The van der Waals surface area contributed by atoms with Crippen LogP contribution in [0.3, 0.4) is 0 Å². The smallest absolute Gasteiger partial charge is 0.252 e. The Hall–Kier alpha value is -2.25. The minimum Gasteiger partial charge on any atom is -0.352 e. The topological polar surface area (TPSA) is 85.8 Å². The molecule has 0 bridgehead atoms. The highest BCUT2D eigenvalue weighted by Crippen LogP contribution is 2.32. The molecule has 0 spiro atoms. The summed E-state index contributed by atoms with van der Waals surface area (Å²) in [6.45, 7) is 9.39. The van der Waals surface area contributed by atoms with Gasteiger partial charge in [0.25, 0.3) is 5.91 Å². The fraction of sp³-hybridized carbons (Fsp3) is 0.421. The van der Waals surface area contributed by atoms with Crippen LogP contribution in [0, 0.1) is 13.8 Å². The fourth-order valence-electron chi connectivity index (χ4n) is 3.01. The molecule has 0 aliphatic heterocycles. The van der Waals surface area contributed by atoms with E-state index in [1.165, 1.54) is 9.75 Å². The highest BCUT2D eigenvalue weighted by Gasteiger charge is 2.19. The molecule has 0 aromatic carbocycles. The Bertz CT molecular complexity index is 941. The number of hydrogen-bond acceptors (Lipinski definition) is 5. The molecule has 3 N–H and O–H groups in total. The third-order valence-corrected chi connectivity index (χ3v) is 5.25. The molecule has 6 nitrogen and oxygen atoms in total. The van der Waals surface area contributed by atoms with Crippen LogP contribution in [0.15, 0.2) is 18.3 Å². The lowest BCUT2D eigenvalue weighted by Gasteiger charge is -2.11. The Morgan fingerprint density at radius 2 is 2.12 bits per heavy atom. The maximum absolute atomic E-state index is 12.8. The van der Waals surface area contributed by atoms with Gasteiger partial charge < -0.3 is 11.1 Å². The standard InChI is InChI=1S/C19H25N5OS/c1-11(2)24-18-16(10-22-24)15(19(25)21-7-5-6-20)9-17(23-18)14-8-12(3)26-13(14)4/h8-11H,5-7,20H2,1-4H3,(H,21,25). The summed E-state index contributed by atoms with van der Waals surface area (Å²) in [6.07, 6.45) is 2.48. The van der Waals surface area contributed by atoms with Gasteiger partial charge in [-0.25, -0.2) is 9.67 Å². The van der Waals surface area contributed by atoms with E-state index in [9.17, 15) is 4.79 Å². The first-order valence-electron chi connectivity index (χ1n) is 8.86. The average molecular weight is 372 g/mol. The number of thiophene rings is 1. The first kappa shape index (κ1) is 18.5. The van der Waals surface area contributed by atoms with Crippen molar-refractivity contribution in [1.29, 1.82) is 0 Å². The second kappa shape index (κ2) is 7.55. The van der Waals surface area contributed by atoms with Gasteiger partial charge in [-0.3, -0.25) is 4.79 Å². The first-order valence-corrected chi connectivity index (χ1v) is 9.68. The largest absolute Gasteiger partial charge is 0.352 e. The summed E-state index contributed by atoms with van der Waals surface area (Å²) < 4.78 is 1.87. The Morgan fingerprint density at radius 3 is 2.73 bits per heavy atom. The van der Waals surface area contributed by atoms with Gasteiger partial charge in [-0.05, 0) is 52.8 Å². The van der Waals surface area contributed by atoms with Crippen LogP contribution >= 0.6 is 11.3 Å². The average Bonchev–Trinajstić information content (AvgIpc) is 3.16. The summed E-state index contributed by atoms with van der Waals surface area (Å²) in [5.41, 5.74) is 8.76. The molecule has 0 unspecified atom stereocenters. The van der Waals surface area contributed by atoms with Crippen molar-refractivity contribution in [3.05, 3.63) is 33.6 Å². The van der Waals surface area contributed by atoms with Crippen LogP contribution in [0.5, 0.6) is 0 Å². The van der Waals surface area contributed by atoms with Crippen molar-refractivity contribution in [1.82, 2.24) is 20.1 Å². The number of aryl methyl sites for hydroxylation is 2. The zero-order valence-corrected chi connectivity index (χ0v) is 16.5. The Morgan fingerprint density at radius 1 is 1.35 bits per heavy atom. The molecule has 0 saturated heterocycles. The number of nitrogens with two attached hydrogens (primary N) is 1. The molecule has 0 aliphatic rings. The van der Waals surface area contributed by atoms with Gasteiger partial charge in [0.15, 0.2) is 5.65 Å². The summed E-state index contributed by atoms with van der Waals surface area (Å²) in [6, 6.07) is 4.16. The summed E-state index contributed by atoms with van der Waals surface area (Å²) in [5, 5.41) is 8.18. The summed E-state index contributed by atoms with van der Waals surface area (Å²) in [5.74, 6) is -0.111. The second-order valence-corrected chi connectivity index (χ2v) is 8.16. The number of aromatic nitrogens is 3. The summed E-state index contributed by atoms with van der Waals surface area (Å²) in [4.78, 5) is 20.0. The molecule has 0 fully saturated rings. The molecule has 3 heterocycles. The van der Waals surface area contributed by atoms with Crippen molar-refractivity contribution in [2.24, 2.45) is 5.73 Å². The molecule has 0 atom stereocenters. The van der Waals surface area contributed by atoms with E-state index in [4.69, 9.17) is 10.7 Å². The van der Waals surface area contributed by atoms with Gasteiger partial charge in [0.1, 0.15) is 0 Å². The fourth-order valence-corrected chi connectivity index (χ4v) is 3.94. The van der Waals surface area contributed by atoms with Crippen LogP contribution in [-0.2, 0) is 0 Å². The maximum atomic E-state index is 12.8. The van der Waals surface area contributed by atoms with Crippen LogP contribution in [0.2, 0.25) is 0 Å². The molecule has 0 radical (unpaired) electrons. The lowest BCUT2D eigenvalue weighted by atomic mass is 10.1. The highest BCUT2D eigenvalue weighted by atomic mass is 32.1. The van der Waals surface area contributed by atoms with Gasteiger partial charge in [0.05, 0.1) is 22.8 Å². The molecule has 3 aromatic rings. The van der Waals surface area contributed by atoms with E-state index in [1.807, 2.05) is 10.7 Å². The molecule has 26 heavy (non-hydrogen) atoms. The molecular formula is C19H25N5OS. The van der Waals surface area contributed by atoms with Crippen LogP contribution in [-0.4, -0.2) is 33.8 Å². The number of amides is 1. The molecule has 0 aliphatic carbocycles. The predicted octanol–water partition coefficient (Wildman–Crippen LogP) is 3.44. The van der Waals surface area contributed by atoms with E-state index >= 15 is 0 Å². The van der Waals surface area contributed by atoms with Crippen molar-refractivity contribution >= 4 is 28.3 Å². The summed E-state index contributed by atoms with van der Waals surface area (Å²) in [7, 11) is 0. The number of nitrogens with one attached hydrogen (secondary N) is 1. The van der Waals surface area contributed by atoms with Gasteiger partial charge >= 0.3 is 0 Å². The lowest BCUT2D eigenvalue weighted by Crippen LogP contribution is -2.26. The van der Waals surface area contributed by atoms with Crippen LogP contribution < -0.4 is 11.1 Å². The predicted molar refractivity (Wildman–Crippen MR) is 107 cm³/mol. The zero-order valence-electron chi connectivity index (χ0n) is 15.7. The zero-order chi connectivity index (χ0) is 18.8. The van der Waals surface area contributed by atoms with Crippen LogP contribution in [0.1, 0.15) is 46.4 Å². The van der Waals surface area contributed by atoms with Gasteiger partial charge in [-0.2, -0.15) is 5.10 Å². The number of nitrogens with zero attached hydrogens (tertiary/aromatic N) is 3. The number of carbonyl (C=O) groups is 1. The third kappa shape index (κ3) is 3.50. The second-order valence-electron chi connectivity index (χ2n) is 6.70. The van der Waals surface area contributed by atoms with Crippen molar-refractivity contribution in [2.45, 2.75) is 40.2 Å². The first-order chi connectivity index (χ1) is 12.4. The number of fused-ring (bicyclic) bond motifs is 1. The van der Waals surface area contributed by atoms with Gasteiger partial charge in [-0.15, -0.1) is 11.3 Å². The molecular weight excluding hydrogens is 346 g/mol. The lowest BCUT2D eigenvalue weighted by molar-refractivity contribution is 0.0955. The van der Waals surface area contributed by atoms with Crippen molar-refractivity contribution in [2.75, 3.05) is 13.1 Å². The monoisotopic (exact) mass is 371 g/mol. The van der Waals surface area contributed by atoms with E-state index in [-0.39, 0.29) is 11.9 Å². The minimum atomic E-state index is -0.111. The molecule has 3 aromatic heterocycles. The molecule has 7 heteroatoms. The van der Waals surface area contributed by atoms with Gasteiger partial charge in [0.2, 0.25) is 0 Å². The Kier molecular flexibility index (Phi) is 5.38. The van der Waals surface area contributed by atoms with Crippen molar-refractivity contribution in [3.63, 3.8) is 0 Å². The van der Waals surface area contributed by atoms with E-state index in [1.54, 1.807) is 17.5 Å². The third-order valence-electron chi connectivity index (χ3n) is 4.28. The molecule has 3 rings (SSSR count). The van der Waals surface area contributed by atoms with E-state index in [2.05, 4.69) is 44.2 Å². The van der Waals surface area contributed by atoms with E-state index in [0.717, 1.165) is 28.7 Å².